The van der Waals surface area contributed by atoms with E-state index in [1.54, 1.807) is 11.3 Å². The second-order valence-corrected chi connectivity index (χ2v) is 12.3. The molecule has 0 bridgehead atoms. The van der Waals surface area contributed by atoms with Crippen molar-refractivity contribution in [2.75, 3.05) is 0 Å². The SMILES string of the molecule is c1ccc(C(=C(c2ccccc2)c2ccc(-c3nc(-c4ccccc4)nc(-c4cc5ccccc5s4)n3)cc2)c2ccccc2)cc1. The summed E-state index contributed by atoms with van der Waals surface area (Å²) in [6.45, 7) is 0. The number of rotatable bonds is 7. The molecule has 8 aromatic rings. The zero-order valence-corrected chi connectivity index (χ0v) is 26.3. The van der Waals surface area contributed by atoms with E-state index in [9.17, 15) is 0 Å². The average Bonchev–Trinajstić information content (AvgIpc) is 3.60. The third kappa shape index (κ3) is 5.90. The highest BCUT2D eigenvalue weighted by Crippen LogP contribution is 2.38. The van der Waals surface area contributed by atoms with Gasteiger partial charge in [-0.1, -0.05) is 164 Å². The van der Waals surface area contributed by atoms with Gasteiger partial charge in [0.25, 0.3) is 0 Å². The van der Waals surface area contributed by atoms with Gasteiger partial charge in [-0.3, -0.25) is 0 Å². The maximum Gasteiger partial charge on any atom is 0.174 e. The molecule has 8 rings (SSSR count). The van der Waals surface area contributed by atoms with Crippen molar-refractivity contribution in [3.05, 3.63) is 198 Å². The van der Waals surface area contributed by atoms with Gasteiger partial charge < -0.3 is 0 Å². The summed E-state index contributed by atoms with van der Waals surface area (Å²) in [7, 11) is 0. The van der Waals surface area contributed by atoms with E-state index in [1.165, 1.54) is 32.4 Å². The van der Waals surface area contributed by atoms with Crippen LogP contribution in [0.15, 0.2) is 176 Å². The maximum atomic E-state index is 5.03. The van der Waals surface area contributed by atoms with Crippen LogP contribution in [-0.2, 0) is 0 Å². The smallest absolute Gasteiger partial charge is 0.174 e. The van der Waals surface area contributed by atoms with E-state index >= 15 is 0 Å². The lowest BCUT2D eigenvalue weighted by atomic mass is 9.85. The van der Waals surface area contributed by atoms with Crippen LogP contribution in [-0.4, -0.2) is 15.0 Å². The number of fused-ring (bicyclic) bond motifs is 1. The number of hydrogen-bond donors (Lipinski definition) is 0. The summed E-state index contributed by atoms with van der Waals surface area (Å²) in [5.41, 5.74) is 8.85. The molecule has 0 amide bonds. The molecule has 4 heteroatoms. The Morgan fingerprint density at radius 2 is 0.766 bits per heavy atom. The van der Waals surface area contributed by atoms with Crippen molar-refractivity contribution in [2.24, 2.45) is 0 Å². The van der Waals surface area contributed by atoms with Gasteiger partial charge in [-0.15, -0.1) is 11.3 Å². The minimum atomic E-state index is 0.648. The Morgan fingerprint density at radius 1 is 0.362 bits per heavy atom. The first-order valence-corrected chi connectivity index (χ1v) is 16.4. The molecule has 0 N–H and O–H groups in total. The van der Waals surface area contributed by atoms with Crippen LogP contribution in [0.1, 0.15) is 22.3 Å². The van der Waals surface area contributed by atoms with Crippen LogP contribution in [0, 0.1) is 0 Å². The van der Waals surface area contributed by atoms with E-state index in [0.29, 0.717) is 17.5 Å². The molecule has 0 aliphatic carbocycles. The van der Waals surface area contributed by atoms with Crippen molar-refractivity contribution in [3.8, 4) is 33.5 Å². The number of hydrogen-bond acceptors (Lipinski definition) is 4. The zero-order chi connectivity index (χ0) is 31.4. The monoisotopic (exact) mass is 619 g/mol. The molecular weight excluding hydrogens is 591 g/mol. The molecule has 2 heterocycles. The van der Waals surface area contributed by atoms with Gasteiger partial charge in [-0.2, -0.15) is 0 Å². The highest BCUT2D eigenvalue weighted by atomic mass is 32.1. The first kappa shape index (κ1) is 28.5. The Kier molecular flexibility index (Phi) is 7.76. The van der Waals surface area contributed by atoms with Crippen molar-refractivity contribution in [1.29, 1.82) is 0 Å². The fraction of sp³-hybridized carbons (Fsp3) is 0. The molecule has 0 aliphatic rings. The molecule has 0 atom stereocenters. The van der Waals surface area contributed by atoms with Gasteiger partial charge in [-0.05, 0) is 50.9 Å². The number of thiophene rings is 1. The molecule has 0 unspecified atom stereocenters. The fourth-order valence-corrected chi connectivity index (χ4v) is 6.93. The van der Waals surface area contributed by atoms with Gasteiger partial charge in [0.1, 0.15) is 0 Å². The molecular formula is C43H29N3S. The van der Waals surface area contributed by atoms with E-state index in [2.05, 4.69) is 146 Å². The minimum absolute atomic E-state index is 0.648. The van der Waals surface area contributed by atoms with Crippen molar-refractivity contribution < 1.29 is 0 Å². The first-order valence-electron chi connectivity index (χ1n) is 15.6. The summed E-state index contributed by atoms with van der Waals surface area (Å²) in [5.74, 6) is 1.99. The zero-order valence-electron chi connectivity index (χ0n) is 25.5. The molecule has 0 aliphatic heterocycles. The number of benzene rings is 6. The Balaban J connectivity index is 1.29. The van der Waals surface area contributed by atoms with Crippen LogP contribution in [0.25, 0.3) is 54.7 Å². The molecule has 2 aromatic heterocycles. The van der Waals surface area contributed by atoms with Crippen molar-refractivity contribution in [2.45, 2.75) is 0 Å². The maximum absolute atomic E-state index is 5.03. The minimum Gasteiger partial charge on any atom is -0.208 e. The molecule has 222 valence electrons. The Labute approximate surface area is 278 Å². The molecule has 0 saturated carbocycles. The van der Waals surface area contributed by atoms with Crippen molar-refractivity contribution >= 4 is 32.6 Å². The Morgan fingerprint density at radius 3 is 1.28 bits per heavy atom. The summed E-state index contributed by atoms with van der Waals surface area (Å²) >= 11 is 1.70. The van der Waals surface area contributed by atoms with Gasteiger partial charge in [0.15, 0.2) is 17.5 Å². The summed E-state index contributed by atoms with van der Waals surface area (Å²) in [4.78, 5) is 16.0. The van der Waals surface area contributed by atoms with Crippen LogP contribution in [0.4, 0.5) is 0 Å². The lowest BCUT2D eigenvalue weighted by molar-refractivity contribution is 1.08. The number of nitrogens with zero attached hydrogens (tertiary/aromatic N) is 3. The summed E-state index contributed by atoms with van der Waals surface area (Å²) in [6, 6.07) is 61.2. The van der Waals surface area contributed by atoms with Crippen LogP contribution in [0.2, 0.25) is 0 Å². The third-order valence-corrected chi connectivity index (χ3v) is 9.29. The lowest BCUT2D eigenvalue weighted by Gasteiger charge is -2.18. The molecule has 0 radical (unpaired) electrons. The van der Waals surface area contributed by atoms with Gasteiger partial charge in [0, 0.05) is 15.8 Å². The molecule has 0 fully saturated rings. The molecule has 6 aromatic carbocycles. The summed E-state index contributed by atoms with van der Waals surface area (Å²) in [5, 5.41) is 1.19. The predicted molar refractivity (Wildman–Crippen MR) is 196 cm³/mol. The number of aromatic nitrogens is 3. The predicted octanol–water partition coefficient (Wildman–Crippen LogP) is 11.1. The largest absolute Gasteiger partial charge is 0.208 e. The quantitative estimate of drug-likeness (QED) is 0.167. The van der Waals surface area contributed by atoms with Crippen LogP contribution >= 0.6 is 11.3 Å². The second-order valence-electron chi connectivity index (χ2n) is 11.2. The molecule has 0 saturated heterocycles. The van der Waals surface area contributed by atoms with E-state index in [4.69, 9.17) is 15.0 Å². The van der Waals surface area contributed by atoms with E-state index in [-0.39, 0.29) is 0 Å². The standard InChI is InChI=1S/C43H29N3S/c1-5-15-30(16-6-1)39(31-17-7-2-8-18-31)40(32-19-9-3-10-20-32)33-25-27-35(28-26-33)42-44-41(34-21-11-4-12-22-34)45-43(46-42)38-29-36-23-13-14-24-37(36)47-38/h1-29H. The Hall–Kier alpha value is -5.97. The van der Waals surface area contributed by atoms with E-state index in [1.807, 2.05) is 30.3 Å². The van der Waals surface area contributed by atoms with Gasteiger partial charge in [0.05, 0.1) is 4.88 Å². The topological polar surface area (TPSA) is 38.7 Å². The first-order chi connectivity index (χ1) is 23.3. The Bertz CT molecular complexity index is 2240. The van der Waals surface area contributed by atoms with Gasteiger partial charge >= 0.3 is 0 Å². The van der Waals surface area contributed by atoms with Crippen LogP contribution < -0.4 is 0 Å². The van der Waals surface area contributed by atoms with E-state index < -0.39 is 0 Å². The van der Waals surface area contributed by atoms with Gasteiger partial charge in [-0.25, -0.2) is 15.0 Å². The average molecular weight is 620 g/mol. The van der Waals surface area contributed by atoms with Crippen LogP contribution in [0.3, 0.4) is 0 Å². The van der Waals surface area contributed by atoms with E-state index in [0.717, 1.165) is 27.1 Å². The highest BCUT2D eigenvalue weighted by molar-refractivity contribution is 7.22. The summed E-state index contributed by atoms with van der Waals surface area (Å²) in [6.07, 6.45) is 0. The highest BCUT2D eigenvalue weighted by Gasteiger charge is 2.18. The summed E-state index contributed by atoms with van der Waals surface area (Å²) < 4.78 is 1.21. The van der Waals surface area contributed by atoms with Gasteiger partial charge in [0.2, 0.25) is 0 Å². The molecule has 3 nitrogen and oxygen atoms in total. The lowest BCUT2D eigenvalue weighted by Crippen LogP contribution is -2.00. The molecule has 47 heavy (non-hydrogen) atoms. The van der Waals surface area contributed by atoms with Crippen LogP contribution in [0.5, 0.6) is 0 Å². The van der Waals surface area contributed by atoms with Crippen molar-refractivity contribution in [1.82, 2.24) is 15.0 Å². The molecule has 0 spiro atoms. The normalized spacial score (nSPS) is 11.0. The second kappa shape index (κ2) is 12.8. The fourth-order valence-electron chi connectivity index (χ4n) is 5.93. The van der Waals surface area contributed by atoms with Crippen molar-refractivity contribution in [3.63, 3.8) is 0 Å². The third-order valence-electron chi connectivity index (χ3n) is 8.18.